The lowest BCUT2D eigenvalue weighted by molar-refractivity contribution is -0.145. The van der Waals surface area contributed by atoms with Gasteiger partial charge in [0.2, 0.25) is 0 Å². The fourth-order valence-corrected chi connectivity index (χ4v) is 2.92. The topological polar surface area (TPSA) is 64.6 Å². The van der Waals surface area contributed by atoms with Crippen LogP contribution in [0.4, 0.5) is 0 Å². The molecule has 0 fully saturated rings. The molecule has 25 heavy (non-hydrogen) atoms. The molecule has 0 saturated heterocycles. The Balaban J connectivity index is 1.68. The highest BCUT2D eigenvalue weighted by Crippen LogP contribution is 2.20. The van der Waals surface area contributed by atoms with Gasteiger partial charge in [0.25, 0.3) is 5.91 Å². The lowest BCUT2D eigenvalue weighted by atomic mass is 10.2. The molecule has 0 heterocycles. The third kappa shape index (κ3) is 6.80. The van der Waals surface area contributed by atoms with Crippen LogP contribution in [0.1, 0.15) is 5.56 Å². The molecule has 132 valence electrons. The van der Waals surface area contributed by atoms with E-state index in [1.807, 2.05) is 48.5 Å². The average molecular weight is 424 g/mol. The Morgan fingerprint density at radius 3 is 2.56 bits per heavy atom. The van der Waals surface area contributed by atoms with E-state index in [1.54, 1.807) is 7.11 Å². The van der Waals surface area contributed by atoms with Crippen LogP contribution in [0.25, 0.3) is 0 Å². The molecule has 7 heteroatoms. The monoisotopic (exact) mass is 423 g/mol. The van der Waals surface area contributed by atoms with E-state index in [1.165, 1.54) is 11.8 Å². The van der Waals surface area contributed by atoms with Crippen LogP contribution in [-0.4, -0.2) is 31.3 Å². The van der Waals surface area contributed by atoms with Crippen molar-refractivity contribution in [3.8, 4) is 5.75 Å². The van der Waals surface area contributed by atoms with Crippen LogP contribution in [0.15, 0.2) is 57.9 Å². The van der Waals surface area contributed by atoms with Gasteiger partial charge < -0.3 is 14.8 Å². The fourth-order valence-electron chi connectivity index (χ4n) is 1.95. The third-order valence-electron chi connectivity index (χ3n) is 3.20. The number of nitrogens with one attached hydrogen (secondary N) is 1. The Hall–Kier alpha value is -1.99. The van der Waals surface area contributed by atoms with Crippen molar-refractivity contribution in [1.29, 1.82) is 0 Å². The summed E-state index contributed by atoms with van der Waals surface area (Å²) in [6.07, 6.45) is 0. The second-order valence-electron chi connectivity index (χ2n) is 4.99. The highest BCUT2D eigenvalue weighted by Gasteiger charge is 2.09. The maximum absolute atomic E-state index is 11.8. The molecule has 0 aliphatic heterocycles. The molecule has 1 N–H and O–H groups in total. The van der Waals surface area contributed by atoms with Gasteiger partial charge in [0.05, 0.1) is 12.9 Å². The van der Waals surface area contributed by atoms with Crippen molar-refractivity contribution in [2.45, 2.75) is 11.4 Å². The molecule has 2 rings (SSSR count). The van der Waals surface area contributed by atoms with Crippen LogP contribution < -0.4 is 10.1 Å². The van der Waals surface area contributed by atoms with E-state index in [0.29, 0.717) is 12.3 Å². The largest absolute Gasteiger partial charge is 0.496 e. The molecule has 2 aromatic carbocycles. The summed E-state index contributed by atoms with van der Waals surface area (Å²) in [6, 6.07) is 15.0. The number of hydrogen-bond acceptors (Lipinski definition) is 5. The zero-order valence-electron chi connectivity index (χ0n) is 13.7. The van der Waals surface area contributed by atoms with Gasteiger partial charge in [-0.2, -0.15) is 0 Å². The average Bonchev–Trinajstić information content (AvgIpc) is 2.64. The van der Waals surface area contributed by atoms with Crippen molar-refractivity contribution >= 4 is 39.6 Å². The van der Waals surface area contributed by atoms with Crippen LogP contribution >= 0.6 is 27.7 Å². The summed E-state index contributed by atoms with van der Waals surface area (Å²) in [4.78, 5) is 24.5. The molecule has 0 aliphatic carbocycles. The van der Waals surface area contributed by atoms with Gasteiger partial charge in [-0.25, -0.2) is 0 Å². The number of hydrogen-bond donors (Lipinski definition) is 1. The zero-order chi connectivity index (χ0) is 18.1. The van der Waals surface area contributed by atoms with Crippen molar-refractivity contribution in [3.63, 3.8) is 0 Å². The first kappa shape index (κ1) is 19.3. The number of carbonyl (C=O) groups excluding carboxylic acids is 2. The summed E-state index contributed by atoms with van der Waals surface area (Å²) >= 11 is 4.71. The molecule has 2 aromatic rings. The predicted molar refractivity (Wildman–Crippen MR) is 101 cm³/mol. The van der Waals surface area contributed by atoms with E-state index in [2.05, 4.69) is 21.2 Å². The van der Waals surface area contributed by atoms with Gasteiger partial charge in [0, 0.05) is 21.5 Å². The van der Waals surface area contributed by atoms with Crippen molar-refractivity contribution in [3.05, 3.63) is 58.6 Å². The minimum Gasteiger partial charge on any atom is -0.496 e. The van der Waals surface area contributed by atoms with E-state index in [4.69, 9.17) is 9.47 Å². The molecule has 1 amide bonds. The summed E-state index contributed by atoms with van der Waals surface area (Å²) in [5, 5.41) is 2.70. The Labute approximate surface area is 159 Å². The van der Waals surface area contributed by atoms with Crippen LogP contribution in [-0.2, 0) is 20.9 Å². The highest BCUT2D eigenvalue weighted by molar-refractivity contribution is 9.10. The molecular weight excluding hydrogens is 406 g/mol. The van der Waals surface area contributed by atoms with Gasteiger partial charge in [-0.15, -0.1) is 11.8 Å². The maximum atomic E-state index is 11.8. The summed E-state index contributed by atoms with van der Waals surface area (Å²) in [5.74, 6) is 0.0699. The quantitative estimate of drug-likeness (QED) is 0.520. The first-order valence-electron chi connectivity index (χ1n) is 7.51. The Morgan fingerprint density at radius 1 is 1.12 bits per heavy atom. The molecule has 0 atom stereocenters. The number of para-hydroxylation sites is 1. The second-order valence-corrected chi connectivity index (χ2v) is 6.96. The van der Waals surface area contributed by atoms with Crippen molar-refractivity contribution in [2.75, 3.05) is 19.5 Å². The van der Waals surface area contributed by atoms with Gasteiger partial charge in [0.15, 0.2) is 6.61 Å². The number of ether oxygens (including phenoxy) is 2. The molecule has 5 nitrogen and oxygen atoms in total. The van der Waals surface area contributed by atoms with Crippen molar-refractivity contribution < 1.29 is 19.1 Å². The number of amides is 1. The van der Waals surface area contributed by atoms with Gasteiger partial charge in [-0.3, -0.25) is 9.59 Å². The normalized spacial score (nSPS) is 10.2. The third-order valence-corrected chi connectivity index (χ3v) is 4.72. The number of carbonyl (C=O) groups is 2. The zero-order valence-corrected chi connectivity index (χ0v) is 16.1. The summed E-state index contributed by atoms with van der Waals surface area (Å²) in [6.45, 7) is 0.0168. The van der Waals surface area contributed by atoms with Gasteiger partial charge >= 0.3 is 5.97 Å². The molecule has 0 spiro atoms. The number of methoxy groups -OCH3 is 1. The van der Waals surface area contributed by atoms with E-state index in [9.17, 15) is 9.59 Å². The first-order chi connectivity index (χ1) is 12.1. The number of thioether (sulfide) groups is 1. The number of halogens is 1. The van der Waals surface area contributed by atoms with Gasteiger partial charge in [-0.05, 0) is 30.3 Å². The molecule has 0 radical (unpaired) electrons. The molecule has 0 saturated carbocycles. The van der Waals surface area contributed by atoms with E-state index in [-0.39, 0.29) is 18.3 Å². The molecule has 0 aromatic heterocycles. The lowest BCUT2D eigenvalue weighted by Gasteiger charge is -2.10. The van der Waals surface area contributed by atoms with Crippen molar-refractivity contribution in [1.82, 2.24) is 5.32 Å². The smallest absolute Gasteiger partial charge is 0.316 e. The molecule has 0 unspecified atom stereocenters. The Kier molecular flexibility index (Phi) is 7.81. The lowest BCUT2D eigenvalue weighted by Crippen LogP contribution is -2.28. The van der Waals surface area contributed by atoms with Crippen molar-refractivity contribution in [2.24, 2.45) is 0 Å². The number of benzene rings is 2. The van der Waals surface area contributed by atoms with Crippen LogP contribution in [0.5, 0.6) is 5.75 Å². The molecule has 0 aliphatic rings. The van der Waals surface area contributed by atoms with Crippen LogP contribution in [0.2, 0.25) is 0 Å². The summed E-state index contributed by atoms with van der Waals surface area (Å²) in [5.41, 5.74) is 0.857. The standard InChI is InChI=1S/C18H18BrNO4S/c1-23-16-5-3-2-4-13(16)10-20-17(21)11-24-18(22)12-25-15-8-6-14(19)7-9-15/h2-9H,10-12H2,1H3,(H,20,21). The second kappa shape index (κ2) is 10.1. The minimum atomic E-state index is -0.430. The maximum Gasteiger partial charge on any atom is 0.316 e. The van der Waals surface area contributed by atoms with Crippen LogP contribution in [0, 0.1) is 0 Å². The minimum absolute atomic E-state index is 0.154. The Morgan fingerprint density at radius 2 is 1.84 bits per heavy atom. The van der Waals surface area contributed by atoms with Crippen LogP contribution in [0.3, 0.4) is 0 Å². The Bertz CT molecular complexity index is 721. The first-order valence-corrected chi connectivity index (χ1v) is 9.29. The van der Waals surface area contributed by atoms with E-state index < -0.39 is 5.97 Å². The summed E-state index contributed by atoms with van der Waals surface area (Å²) < 4.78 is 11.2. The van der Waals surface area contributed by atoms with Gasteiger partial charge in [0.1, 0.15) is 5.75 Å². The predicted octanol–water partition coefficient (Wildman–Crippen LogP) is 3.41. The molecule has 0 bridgehead atoms. The fraction of sp³-hybridized carbons (Fsp3) is 0.222. The van der Waals surface area contributed by atoms with E-state index >= 15 is 0 Å². The van der Waals surface area contributed by atoms with E-state index in [0.717, 1.165) is 14.9 Å². The number of rotatable bonds is 8. The molecular formula is C18H18BrNO4S. The SMILES string of the molecule is COc1ccccc1CNC(=O)COC(=O)CSc1ccc(Br)cc1. The summed E-state index contributed by atoms with van der Waals surface area (Å²) in [7, 11) is 1.57. The van der Waals surface area contributed by atoms with Gasteiger partial charge in [-0.1, -0.05) is 34.1 Å². The number of esters is 1. The highest BCUT2D eigenvalue weighted by atomic mass is 79.9.